The molecule has 0 saturated carbocycles. The first kappa shape index (κ1) is 14.0. The Balaban J connectivity index is 2.90. The molecule has 1 aromatic carbocycles. The van der Waals surface area contributed by atoms with Crippen molar-refractivity contribution in [2.24, 2.45) is 0 Å². The molecule has 1 aromatic rings. The topological polar surface area (TPSA) is 41.5 Å². The second-order valence-electron chi connectivity index (χ2n) is 4.99. The summed E-state index contributed by atoms with van der Waals surface area (Å²) < 4.78 is 5.16. The molecule has 0 aliphatic carbocycles. The molecule has 1 unspecified atom stereocenters. The summed E-state index contributed by atoms with van der Waals surface area (Å²) in [4.78, 5) is 0. The highest BCUT2D eigenvalue weighted by molar-refractivity contribution is 5.38. The fraction of sp³-hybridized carbons (Fsp3) is 0.571. The molecule has 0 aromatic heterocycles. The van der Waals surface area contributed by atoms with Gasteiger partial charge in [-0.2, -0.15) is 0 Å². The summed E-state index contributed by atoms with van der Waals surface area (Å²) in [5.74, 6) is 0.818. The number of nitrogens with one attached hydrogen (secondary N) is 1. The van der Waals surface area contributed by atoms with E-state index in [0.717, 1.165) is 16.9 Å². The Morgan fingerprint density at radius 2 is 2.06 bits per heavy atom. The molecule has 3 heteroatoms. The van der Waals surface area contributed by atoms with Gasteiger partial charge in [0.25, 0.3) is 0 Å². The van der Waals surface area contributed by atoms with Gasteiger partial charge in [0.1, 0.15) is 5.75 Å². The van der Waals surface area contributed by atoms with Crippen molar-refractivity contribution in [3.8, 4) is 5.75 Å². The molecule has 3 nitrogen and oxygen atoms in total. The molecule has 1 rings (SSSR count). The predicted octanol–water partition coefficient (Wildman–Crippen LogP) is 2.21. The van der Waals surface area contributed by atoms with E-state index < -0.39 is 5.60 Å². The van der Waals surface area contributed by atoms with Gasteiger partial charge in [-0.1, -0.05) is 19.9 Å². The fourth-order valence-electron chi connectivity index (χ4n) is 1.87. The van der Waals surface area contributed by atoms with Crippen molar-refractivity contribution in [2.75, 3.05) is 13.7 Å². The van der Waals surface area contributed by atoms with Gasteiger partial charge in [-0.3, -0.25) is 0 Å². The zero-order valence-corrected chi connectivity index (χ0v) is 11.4. The predicted molar refractivity (Wildman–Crippen MR) is 70.4 cm³/mol. The van der Waals surface area contributed by atoms with Gasteiger partial charge in [-0.05, 0) is 37.1 Å². The van der Waals surface area contributed by atoms with Gasteiger partial charge in [0.2, 0.25) is 0 Å². The summed E-state index contributed by atoms with van der Waals surface area (Å²) >= 11 is 0. The minimum Gasteiger partial charge on any atom is -0.497 e. The maximum atomic E-state index is 10.5. The van der Waals surface area contributed by atoms with Crippen LogP contribution in [0.3, 0.4) is 0 Å². The second kappa shape index (κ2) is 5.52. The van der Waals surface area contributed by atoms with Crippen molar-refractivity contribution in [3.05, 3.63) is 29.3 Å². The van der Waals surface area contributed by atoms with Crippen LogP contribution in [0.5, 0.6) is 5.75 Å². The van der Waals surface area contributed by atoms with Gasteiger partial charge < -0.3 is 15.2 Å². The second-order valence-corrected chi connectivity index (χ2v) is 4.99. The summed E-state index contributed by atoms with van der Waals surface area (Å²) in [7, 11) is 1.65. The first-order valence-corrected chi connectivity index (χ1v) is 5.97. The highest BCUT2D eigenvalue weighted by atomic mass is 16.5. The van der Waals surface area contributed by atoms with Gasteiger partial charge in [0.15, 0.2) is 0 Å². The van der Waals surface area contributed by atoms with E-state index in [2.05, 4.69) is 19.2 Å². The number of ether oxygens (including phenoxy) is 1. The SMILES string of the molecule is COc1ccc(C(C)(O)CNC(C)C)c(C)c1. The molecular weight excluding hydrogens is 214 g/mol. The molecule has 0 bridgehead atoms. The van der Waals surface area contributed by atoms with Gasteiger partial charge in [-0.15, -0.1) is 0 Å². The maximum absolute atomic E-state index is 10.5. The number of hydrogen-bond donors (Lipinski definition) is 2. The van der Waals surface area contributed by atoms with E-state index in [1.807, 2.05) is 32.0 Å². The Hall–Kier alpha value is -1.06. The summed E-state index contributed by atoms with van der Waals surface area (Å²) in [6.45, 7) is 8.49. The van der Waals surface area contributed by atoms with Gasteiger partial charge in [0, 0.05) is 12.6 Å². The highest BCUT2D eigenvalue weighted by Crippen LogP contribution is 2.26. The van der Waals surface area contributed by atoms with Crippen molar-refractivity contribution in [2.45, 2.75) is 39.3 Å². The molecule has 0 spiro atoms. The maximum Gasteiger partial charge on any atom is 0.119 e. The molecular formula is C14H23NO2. The number of aliphatic hydroxyl groups is 1. The number of rotatable bonds is 5. The quantitative estimate of drug-likeness (QED) is 0.825. The smallest absolute Gasteiger partial charge is 0.119 e. The zero-order chi connectivity index (χ0) is 13.1. The lowest BCUT2D eigenvalue weighted by Gasteiger charge is -2.27. The van der Waals surface area contributed by atoms with E-state index in [0.29, 0.717) is 12.6 Å². The van der Waals surface area contributed by atoms with Crippen LogP contribution in [0.2, 0.25) is 0 Å². The van der Waals surface area contributed by atoms with Crippen LogP contribution in [0, 0.1) is 6.92 Å². The molecule has 17 heavy (non-hydrogen) atoms. The van der Waals surface area contributed by atoms with Crippen molar-refractivity contribution in [1.29, 1.82) is 0 Å². The summed E-state index contributed by atoms with van der Waals surface area (Å²) in [5.41, 5.74) is 1.12. The highest BCUT2D eigenvalue weighted by Gasteiger charge is 2.24. The number of benzene rings is 1. The van der Waals surface area contributed by atoms with Crippen LogP contribution < -0.4 is 10.1 Å². The summed E-state index contributed by atoms with van der Waals surface area (Å²) in [5, 5.41) is 13.7. The minimum atomic E-state index is -0.860. The monoisotopic (exact) mass is 237 g/mol. The molecule has 0 fully saturated rings. The summed E-state index contributed by atoms with van der Waals surface area (Å²) in [6, 6.07) is 6.11. The minimum absolute atomic E-state index is 0.361. The molecule has 0 radical (unpaired) electrons. The van der Waals surface area contributed by atoms with Crippen LogP contribution in [0.15, 0.2) is 18.2 Å². The molecule has 0 aliphatic heterocycles. The first-order valence-electron chi connectivity index (χ1n) is 5.97. The molecule has 96 valence electrons. The van der Waals surface area contributed by atoms with E-state index in [1.54, 1.807) is 7.11 Å². The van der Waals surface area contributed by atoms with E-state index >= 15 is 0 Å². The Morgan fingerprint density at radius 1 is 1.41 bits per heavy atom. The first-order chi connectivity index (χ1) is 7.86. The van der Waals surface area contributed by atoms with E-state index in [-0.39, 0.29) is 0 Å². The summed E-state index contributed by atoms with van der Waals surface area (Å²) in [6.07, 6.45) is 0. The largest absolute Gasteiger partial charge is 0.497 e. The van der Waals surface area contributed by atoms with Crippen LogP contribution >= 0.6 is 0 Å². The number of hydrogen-bond acceptors (Lipinski definition) is 3. The Kier molecular flexibility index (Phi) is 4.54. The van der Waals surface area contributed by atoms with E-state index in [9.17, 15) is 5.11 Å². The average molecular weight is 237 g/mol. The average Bonchev–Trinajstić information content (AvgIpc) is 2.26. The normalized spacial score (nSPS) is 14.8. The van der Waals surface area contributed by atoms with Crippen molar-refractivity contribution < 1.29 is 9.84 Å². The Labute approximate surface area is 104 Å². The lowest BCUT2D eigenvalue weighted by Crippen LogP contribution is -2.39. The van der Waals surface area contributed by atoms with Crippen LogP contribution in [0.4, 0.5) is 0 Å². The van der Waals surface area contributed by atoms with Crippen LogP contribution in [-0.2, 0) is 5.60 Å². The third kappa shape index (κ3) is 3.72. The number of aryl methyl sites for hydroxylation is 1. The van der Waals surface area contributed by atoms with Crippen LogP contribution in [0.25, 0.3) is 0 Å². The fourth-order valence-corrected chi connectivity index (χ4v) is 1.87. The molecule has 1 atom stereocenters. The van der Waals surface area contributed by atoms with Crippen molar-refractivity contribution >= 4 is 0 Å². The van der Waals surface area contributed by atoms with Crippen LogP contribution in [-0.4, -0.2) is 24.8 Å². The standard InChI is InChI=1S/C14H23NO2/c1-10(2)15-9-14(4,16)13-7-6-12(17-5)8-11(13)3/h6-8,10,15-16H,9H2,1-5H3. The molecule has 0 amide bonds. The molecule has 0 heterocycles. The lowest BCUT2D eigenvalue weighted by atomic mass is 9.91. The van der Waals surface area contributed by atoms with E-state index in [1.165, 1.54) is 0 Å². The Bertz CT molecular complexity index is 372. The third-order valence-corrected chi connectivity index (χ3v) is 2.87. The van der Waals surface area contributed by atoms with Crippen molar-refractivity contribution in [1.82, 2.24) is 5.32 Å². The van der Waals surface area contributed by atoms with Crippen LogP contribution in [0.1, 0.15) is 31.9 Å². The van der Waals surface area contributed by atoms with E-state index in [4.69, 9.17) is 4.74 Å². The lowest BCUT2D eigenvalue weighted by molar-refractivity contribution is 0.0543. The van der Waals surface area contributed by atoms with Gasteiger partial charge >= 0.3 is 0 Å². The molecule has 0 aliphatic rings. The zero-order valence-electron chi connectivity index (χ0n) is 11.4. The molecule has 0 saturated heterocycles. The molecule has 2 N–H and O–H groups in total. The third-order valence-electron chi connectivity index (χ3n) is 2.87. The number of methoxy groups -OCH3 is 1. The Morgan fingerprint density at radius 3 is 2.53 bits per heavy atom. The van der Waals surface area contributed by atoms with Gasteiger partial charge in [-0.25, -0.2) is 0 Å². The van der Waals surface area contributed by atoms with Gasteiger partial charge in [0.05, 0.1) is 12.7 Å². The van der Waals surface area contributed by atoms with Crippen molar-refractivity contribution in [3.63, 3.8) is 0 Å².